The van der Waals surface area contributed by atoms with Crippen molar-refractivity contribution in [1.29, 1.82) is 0 Å². The summed E-state index contributed by atoms with van der Waals surface area (Å²) in [4.78, 5) is 0. The van der Waals surface area contributed by atoms with Crippen molar-refractivity contribution in [2.75, 3.05) is 6.54 Å². The van der Waals surface area contributed by atoms with Crippen LogP contribution in [0.5, 0.6) is 0 Å². The Hall–Kier alpha value is 0.611. The maximum Gasteiger partial charge on any atom is 2.00 e. The molecule has 0 bridgehead atoms. The van der Waals surface area contributed by atoms with Crippen molar-refractivity contribution in [3.8, 4) is 12.3 Å². The van der Waals surface area contributed by atoms with Gasteiger partial charge in [0, 0.05) is 0 Å². The van der Waals surface area contributed by atoms with Gasteiger partial charge >= 0.3 is 45.5 Å². The van der Waals surface area contributed by atoms with Crippen LogP contribution in [-0.4, -0.2) is 52.0 Å². The van der Waals surface area contributed by atoms with E-state index >= 15 is 0 Å². The van der Waals surface area contributed by atoms with Gasteiger partial charge in [0.1, 0.15) is 0 Å². The van der Waals surface area contributed by atoms with Crippen LogP contribution in [0.2, 0.25) is 0 Å². The zero-order valence-corrected chi connectivity index (χ0v) is 22.6. The van der Waals surface area contributed by atoms with Crippen LogP contribution >= 0.6 is 0 Å². The van der Waals surface area contributed by atoms with Gasteiger partial charge in [0.15, 0.2) is 0 Å². The van der Waals surface area contributed by atoms with E-state index in [2.05, 4.69) is 52.5 Å². The summed E-state index contributed by atoms with van der Waals surface area (Å²) in [5.74, 6) is 3.13. The number of allylic oxidation sites excluding steroid dienone is 2. The van der Waals surface area contributed by atoms with Crippen LogP contribution in [0.25, 0.3) is 0 Å². The maximum absolute atomic E-state index is 4.85. The van der Waals surface area contributed by atoms with Gasteiger partial charge in [-0.05, 0) is 19.4 Å². The summed E-state index contributed by atoms with van der Waals surface area (Å²) in [6.45, 7) is 21.2. The molecule has 0 aromatic rings. The van der Waals surface area contributed by atoms with E-state index in [9.17, 15) is 0 Å². The molecule has 0 saturated carbocycles. The fourth-order valence-electron chi connectivity index (χ4n) is 0.897. The van der Waals surface area contributed by atoms with Crippen LogP contribution in [0, 0.1) is 32.1 Å². The van der Waals surface area contributed by atoms with Gasteiger partial charge in [-0.25, -0.2) is 18.1 Å². The molecule has 2 N–H and O–H groups in total. The van der Waals surface area contributed by atoms with Crippen molar-refractivity contribution in [1.82, 2.24) is 0 Å². The molecule has 0 unspecified atom stereocenters. The van der Waals surface area contributed by atoms with Gasteiger partial charge in [-0.3, -0.25) is 0 Å². The molecule has 1 nitrogen and oxygen atoms in total. The second kappa shape index (κ2) is 56.5. The molecular formula is C22H49NSr. The predicted molar refractivity (Wildman–Crippen MR) is 121 cm³/mol. The number of rotatable bonds is 2. The van der Waals surface area contributed by atoms with E-state index in [4.69, 9.17) is 5.73 Å². The van der Waals surface area contributed by atoms with E-state index in [1.54, 1.807) is 12.5 Å². The van der Waals surface area contributed by atoms with E-state index in [1.165, 1.54) is 25.7 Å². The second-order valence-corrected chi connectivity index (χ2v) is 4.45. The zero-order valence-electron chi connectivity index (χ0n) is 19.1. The van der Waals surface area contributed by atoms with Crippen molar-refractivity contribution < 1.29 is 0 Å². The predicted octanol–water partition coefficient (Wildman–Crippen LogP) is 7.10. The molecule has 1 aliphatic carbocycles. The van der Waals surface area contributed by atoms with Crippen molar-refractivity contribution >= 4 is 45.5 Å². The Morgan fingerprint density at radius 2 is 1.46 bits per heavy atom. The Bertz CT molecular complexity index is 203. The van der Waals surface area contributed by atoms with Crippen molar-refractivity contribution in [2.24, 2.45) is 11.7 Å². The molecule has 0 heterocycles. The monoisotopic (exact) mass is 415 g/mol. The molecule has 144 valence electrons. The van der Waals surface area contributed by atoms with E-state index in [1.807, 2.05) is 34.6 Å². The minimum Gasteiger partial charge on any atom is -0.358 e. The van der Waals surface area contributed by atoms with Gasteiger partial charge in [0.2, 0.25) is 0 Å². The third kappa shape index (κ3) is 78.3. The first-order chi connectivity index (χ1) is 10.5. The van der Waals surface area contributed by atoms with Crippen LogP contribution in [0.1, 0.15) is 94.9 Å². The van der Waals surface area contributed by atoms with Crippen LogP contribution in [0.15, 0.2) is 11.6 Å². The molecule has 0 spiro atoms. The molecule has 1 aliphatic rings. The van der Waals surface area contributed by atoms with Crippen LogP contribution in [0.4, 0.5) is 0 Å². The fourth-order valence-corrected chi connectivity index (χ4v) is 0.897. The SMILES string of the molecule is C#CC.CC.CC.CCC(C)C.CCC1=C[CH-]CC1.CCN.[CH3-].[Sr+2]. The van der Waals surface area contributed by atoms with Gasteiger partial charge in [-0.2, -0.15) is 0 Å². The summed E-state index contributed by atoms with van der Waals surface area (Å²) in [6, 6.07) is 0. The molecule has 2 heteroatoms. The molecule has 0 aromatic carbocycles. The topological polar surface area (TPSA) is 26.0 Å². The summed E-state index contributed by atoms with van der Waals surface area (Å²) < 4.78 is 0. The first kappa shape index (κ1) is 44.2. The Kier molecular flexibility index (Phi) is 104. The molecule has 0 amide bonds. The minimum atomic E-state index is 0. The zero-order chi connectivity index (χ0) is 18.8. The average Bonchev–Trinajstić information content (AvgIpc) is 3.07. The quantitative estimate of drug-likeness (QED) is 0.291. The molecule has 0 aromatic heterocycles. The molecule has 1 rings (SSSR count). The number of nitrogens with two attached hydrogens (primary N) is 1. The summed E-state index contributed by atoms with van der Waals surface area (Å²) in [5.41, 5.74) is 6.46. The normalized spacial score (nSPS) is 9.04. The Balaban J connectivity index is -0.0000000307. The van der Waals surface area contributed by atoms with E-state index in [0.717, 1.165) is 12.5 Å². The molecule has 0 fully saturated rings. The molecule has 0 aliphatic heterocycles. The number of terminal acetylenes is 1. The van der Waals surface area contributed by atoms with E-state index in [0.29, 0.717) is 0 Å². The fraction of sp³-hybridized carbons (Fsp3) is 0.727. The first-order valence-corrected chi connectivity index (χ1v) is 9.12. The van der Waals surface area contributed by atoms with Crippen molar-refractivity contribution in [2.45, 2.75) is 94.9 Å². The van der Waals surface area contributed by atoms with Gasteiger partial charge in [0.05, 0.1) is 0 Å². The molecule has 0 saturated heterocycles. The van der Waals surface area contributed by atoms with Gasteiger partial charge < -0.3 is 13.2 Å². The number of hydrogen-bond acceptors (Lipinski definition) is 1. The third-order valence-corrected chi connectivity index (χ3v) is 2.26. The van der Waals surface area contributed by atoms with Gasteiger partial charge in [-0.1, -0.05) is 68.7 Å². The van der Waals surface area contributed by atoms with Gasteiger partial charge in [-0.15, -0.1) is 31.6 Å². The van der Waals surface area contributed by atoms with Crippen LogP contribution in [-0.2, 0) is 0 Å². The van der Waals surface area contributed by atoms with E-state index in [-0.39, 0.29) is 52.9 Å². The largest absolute Gasteiger partial charge is 2.00 e. The summed E-state index contributed by atoms with van der Waals surface area (Å²) in [5, 5.41) is 0. The van der Waals surface area contributed by atoms with E-state index < -0.39 is 0 Å². The third-order valence-electron chi connectivity index (χ3n) is 2.26. The first-order valence-electron chi connectivity index (χ1n) is 9.12. The van der Waals surface area contributed by atoms with Gasteiger partial charge in [0.25, 0.3) is 0 Å². The molecular weight excluding hydrogens is 366 g/mol. The van der Waals surface area contributed by atoms with Crippen molar-refractivity contribution in [3.05, 3.63) is 25.5 Å². The molecule has 0 radical (unpaired) electrons. The Morgan fingerprint density at radius 3 is 1.54 bits per heavy atom. The summed E-state index contributed by atoms with van der Waals surface area (Å²) >= 11 is 0. The standard InChI is InChI=1S/C7H11.C5H12.C3H4.C2H7N.2C2H6.CH3.Sr/c1-2-7-5-3-4-6-7;1-4-5(2)3;1-3-2;1-2-3;2*1-2;;/h3,5H,2,4,6H2,1H3;5H,4H2,1-3H3;1H,2H3;2-3H2,1H3;2*1-2H3;1H3;/q-1;;;;;;-1;+2. The second-order valence-electron chi connectivity index (χ2n) is 4.45. The number of hydrogen-bond donors (Lipinski definition) is 1. The van der Waals surface area contributed by atoms with Crippen molar-refractivity contribution in [3.63, 3.8) is 0 Å². The van der Waals surface area contributed by atoms with Crippen LogP contribution in [0.3, 0.4) is 0 Å². The Morgan fingerprint density at radius 1 is 1.17 bits per heavy atom. The Labute approximate surface area is 194 Å². The average molecular weight is 415 g/mol. The molecule has 0 atom stereocenters. The molecule has 24 heavy (non-hydrogen) atoms. The smallest absolute Gasteiger partial charge is 0.358 e. The summed E-state index contributed by atoms with van der Waals surface area (Å²) in [6.07, 6.45) is 14.2. The maximum atomic E-state index is 4.85. The minimum absolute atomic E-state index is 0. The van der Waals surface area contributed by atoms with Crippen LogP contribution < -0.4 is 5.73 Å². The summed E-state index contributed by atoms with van der Waals surface area (Å²) in [7, 11) is 0.